The molecule has 1 aliphatic rings. The fourth-order valence-electron chi connectivity index (χ4n) is 2.80. The Kier molecular flexibility index (Phi) is 6.20. The summed E-state index contributed by atoms with van der Waals surface area (Å²) < 4.78 is 0.545. The lowest BCUT2D eigenvalue weighted by molar-refractivity contribution is 0.350. The van der Waals surface area contributed by atoms with Crippen LogP contribution in [0.4, 0.5) is 0 Å². The Labute approximate surface area is 106 Å². The van der Waals surface area contributed by atoms with Gasteiger partial charge in [-0.15, -0.1) is 0 Å². The van der Waals surface area contributed by atoms with Gasteiger partial charge in [-0.3, -0.25) is 0 Å². The Morgan fingerprint density at radius 1 is 1.12 bits per heavy atom. The van der Waals surface area contributed by atoms with Gasteiger partial charge in [-0.25, -0.2) is 0 Å². The van der Waals surface area contributed by atoms with Crippen molar-refractivity contribution >= 4 is 11.8 Å². The van der Waals surface area contributed by atoms with E-state index in [0.29, 0.717) is 10.8 Å². The molecule has 0 aromatic rings. The maximum Gasteiger partial charge on any atom is 0.0281 e. The largest absolute Gasteiger partial charge is 0.313 e. The summed E-state index contributed by atoms with van der Waals surface area (Å²) in [7, 11) is 0. The molecule has 0 aromatic heterocycles. The highest BCUT2D eigenvalue weighted by atomic mass is 32.2. The minimum atomic E-state index is 0.545. The van der Waals surface area contributed by atoms with Crippen molar-refractivity contribution in [3.05, 3.63) is 0 Å². The van der Waals surface area contributed by atoms with E-state index < -0.39 is 0 Å². The van der Waals surface area contributed by atoms with E-state index in [0.717, 1.165) is 5.92 Å². The summed E-state index contributed by atoms with van der Waals surface area (Å²) in [5.74, 6) is 0.805. The van der Waals surface area contributed by atoms with Crippen LogP contribution in [0.2, 0.25) is 0 Å². The van der Waals surface area contributed by atoms with Crippen molar-refractivity contribution in [2.75, 3.05) is 12.8 Å². The first-order valence-corrected chi connectivity index (χ1v) is 8.09. The molecular formula is C14H29NS. The lowest BCUT2D eigenvalue weighted by Crippen LogP contribution is -2.42. The lowest BCUT2D eigenvalue weighted by atomic mass is 9.88. The van der Waals surface area contributed by atoms with E-state index >= 15 is 0 Å². The zero-order chi connectivity index (χ0) is 12.0. The Morgan fingerprint density at radius 2 is 1.75 bits per heavy atom. The maximum absolute atomic E-state index is 3.75. The fraction of sp³-hybridized carbons (Fsp3) is 1.00. The Hall–Kier alpha value is 0.310. The van der Waals surface area contributed by atoms with Crippen LogP contribution in [0.1, 0.15) is 59.3 Å². The minimum absolute atomic E-state index is 0.545. The second kappa shape index (κ2) is 6.90. The van der Waals surface area contributed by atoms with E-state index in [1.807, 2.05) is 0 Å². The summed E-state index contributed by atoms with van der Waals surface area (Å²) in [6.07, 6.45) is 10.7. The molecule has 96 valence electrons. The van der Waals surface area contributed by atoms with Crippen LogP contribution in [0.5, 0.6) is 0 Å². The Morgan fingerprint density at radius 3 is 2.25 bits per heavy atom. The molecule has 0 heterocycles. The van der Waals surface area contributed by atoms with E-state index in [-0.39, 0.29) is 0 Å². The molecule has 0 bridgehead atoms. The summed E-state index contributed by atoms with van der Waals surface area (Å²) >= 11 is 2.09. The molecule has 1 aliphatic carbocycles. The third kappa shape index (κ3) is 4.67. The molecule has 0 spiro atoms. The highest BCUT2D eigenvalue weighted by molar-refractivity contribution is 8.00. The van der Waals surface area contributed by atoms with Crippen LogP contribution in [0.3, 0.4) is 0 Å². The van der Waals surface area contributed by atoms with Crippen molar-refractivity contribution in [2.45, 2.75) is 70.1 Å². The molecule has 2 heteroatoms. The number of thioether (sulfide) groups is 1. The topological polar surface area (TPSA) is 12.0 Å². The molecule has 0 radical (unpaired) electrons. The normalized spacial score (nSPS) is 22.3. The number of rotatable bonds is 6. The van der Waals surface area contributed by atoms with Crippen LogP contribution < -0.4 is 5.32 Å². The van der Waals surface area contributed by atoms with Gasteiger partial charge in [0, 0.05) is 17.3 Å². The Bertz CT molecular complexity index is 185. The first-order valence-electron chi connectivity index (χ1n) is 6.86. The first kappa shape index (κ1) is 14.4. The lowest BCUT2D eigenvalue weighted by Gasteiger charge is -2.37. The van der Waals surface area contributed by atoms with Gasteiger partial charge in [-0.05, 0) is 38.4 Å². The predicted octanol–water partition coefficient (Wildman–Crippen LogP) is 4.08. The first-order chi connectivity index (χ1) is 7.58. The molecular weight excluding hydrogens is 214 g/mol. The average Bonchev–Trinajstić information content (AvgIpc) is 2.27. The zero-order valence-electron chi connectivity index (χ0n) is 11.5. The summed E-state index contributed by atoms with van der Waals surface area (Å²) in [6, 6.07) is 0.672. The highest BCUT2D eigenvalue weighted by Gasteiger charge is 2.30. The molecule has 1 nitrogen and oxygen atoms in total. The van der Waals surface area contributed by atoms with Crippen molar-refractivity contribution < 1.29 is 0 Å². The van der Waals surface area contributed by atoms with Gasteiger partial charge < -0.3 is 5.32 Å². The molecule has 1 rings (SSSR count). The van der Waals surface area contributed by atoms with Gasteiger partial charge in [0.2, 0.25) is 0 Å². The third-order valence-corrected chi connectivity index (χ3v) is 5.21. The molecule has 0 saturated heterocycles. The minimum Gasteiger partial charge on any atom is -0.313 e. The van der Waals surface area contributed by atoms with E-state index in [4.69, 9.17) is 0 Å². The molecule has 0 amide bonds. The van der Waals surface area contributed by atoms with Crippen molar-refractivity contribution in [2.24, 2.45) is 5.92 Å². The van der Waals surface area contributed by atoms with Gasteiger partial charge in [-0.1, -0.05) is 33.1 Å². The fourth-order valence-corrected chi connectivity index (χ4v) is 3.72. The summed E-state index contributed by atoms with van der Waals surface area (Å²) in [4.78, 5) is 0. The van der Waals surface area contributed by atoms with Crippen molar-refractivity contribution in [1.29, 1.82) is 0 Å². The van der Waals surface area contributed by atoms with Crippen LogP contribution in [0, 0.1) is 5.92 Å². The van der Waals surface area contributed by atoms with Crippen LogP contribution >= 0.6 is 11.8 Å². The van der Waals surface area contributed by atoms with E-state index in [1.165, 1.54) is 45.1 Å². The smallest absolute Gasteiger partial charge is 0.0281 e. The predicted molar refractivity (Wildman–Crippen MR) is 76.3 cm³/mol. The third-order valence-electron chi connectivity index (χ3n) is 3.80. The SMILES string of the molecule is CSC1(CNC(C)CC(C)C)CCCCC1. The van der Waals surface area contributed by atoms with Crippen molar-refractivity contribution in [3.63, 3.8) is 0 Å². The van der Waals surface area contributed by atoms with Gasteiger partial charge in [0.25, 0.3) is 0 Å². The van der Waals surface area contributed by atoms with Crippen LogP contribution in [-0.4, -0.2) is 23.6 Å². The monoisotopic (exact) mass is 243 g/mol. The Balaban J connectivity index is 2.32. The summed E-state index contributed by atoms with van der Waals surface area (Å²) in [5.41, 5.74) is 0. The van der Waals surface area contributed by atoms with Gasteiger partial charge in [0.05, 0.1) is 0 Å². The second-order valence-corrected chi connectivity index (χ2v) is 7.13. The number of nitrogens with one attached hydrogen (secondary N) is 1. The zero-order valence-corrected chi connectivity index (χ0v) is 12.3. The quantitative estimate of drug-likeness (QED) is 0.754. The highest BCUT2D eigenvalue weighted by Crippen LogP contribution is 2.38. The molecule has 0 aromatic carbocycles. The van der Waals surface area contributed by atoms with Crippen LogP contribution in [0.15, 0.2) is 0 Å². The van der Waals surface area contributed by atoms with E-state index in [9.17, 15) is 0 Å². The van der Waals surface area contributed by atoms with E-state index in [1.54, 1.807) is 0 Å². The maximum atomic E-state index is 3.75. The molecule has 1 fully saturated rings. The number of hydrogen-bond acceptors (Lipinski definition) is 2. The van der Waals surface area contributed by atoms with E-state index in [2.05, 4.69) is 44.1 Å². The van der Waals surface area contributed by atoms with Gasteiger partial charge in [0.1, 0.15) is 0 Å². The summed E-state index contributed by atoms with van der Waals surface area (Å²) in [5, 5.41) is 3.75. The van der Waals surface area contributed by atoms with Crippen molar-refractivity contribution in [3.8, 4) is 0 Å². The standard InChI is InChI=1S/C14H29NS/c1-12(2)10-13(3)15-11-14(16-4)8-6-5-7-9-14/h12-13,15H,5-11H2,1-4H3. The summed E-state index contributed by atoms with van der Waals surface area (Å²) in [6.45, 7) is 8.16. The van der Waals surface area contributed by atoms with Crippen LogP contribution in [-0.2, 0) is 0 Å². The second-order valence-electron chi connectivity index (χ2n) is 5.86. The molecule has 1 N–H and O–H groups in total. The molecule has 1 saturated carbocycles. The van der Waals surface area contributed by atoms with Crippen LogP contribution in [0.25, 0.3) is 0 Å². The van der Waals surface area contributed by atoms with Crippen molar-refractivity contribution in [1.82, 2.24) is 5.32 Å². The molecule has 1 atom stereocenters. The molecule has 16 heavy (non-hydrogen) atoms. The molecule has 0 aliphatic heterocycles. The van der Waals surface area contributed by atoms with Gasteiger partial charge >= 0.3 is 0 Å². The van der Waals surface area contributed by atoms with Gasteiger partial charge in [0.15, 0.2) is 0 Å². The number of hydrogen-bond donors (Lipinski definition) is 1. The average molecular weight is 243 g/mol. The molecule has 1 unspecified atom stereocenters. The van der Waals surface area contributed by atoms with Gasteiger partial charge in [-0.2, -0.15) is 11.8 Å².